The highest BCUT2D eigenvalue weighted by Gasteiger charge is 2.06. The number of aliphatic hydroxyl groups excluding tert-OH is 1. The quantitative estimate of drug-likeness (QED) is 0.740. The predicted octanol–water partition coefficient (Wildman–Crippen LogP) is -0.0699. The zero-order valence-corrected chi connectivity index (χ0v) is 9.74. The molecule has 15 heavy (non-hydrogen) atoms. The molecule has 6 heteroatoms. The van der Waals surface area contributed by atoms with Crippen molar-refractivity contribution in [2.75, 3.05) is 11.9 Å². The number of aromatic nitrogens is 2. The number of H-pyrrole nitrogens is 1. The number of aromatic amines is 1. The highest BCUT2D eigenvalue weighted by atomic mass is 79.9. The molecule has 0 fully saturated rings. The van der Waals surface area contributed by atoms with Crippen molar-refractivity contribution in [3.8, 4) is 0 Å². The SMILES string of the molecule is O=c1ccn(CCC(CO)CBr)c(=O)[nH]1. The first kappa shape index (κ1) is 12.2. The molecule has 5 nitrogen and oxygen atoms in total. The van der Waals surface area contributed by atoms with E-state index in [9.17, 15) is 9.59 Å². The summed E-state index contributed by atoms with van der Waals surface area (Å²) in [6.07, 6.45) is 2.15. The van der Waals surface area contributed by atoms with Crippen LogP contribution in [0.3, 0.4) is 0 Å². The normalized spacial score (nSPS) is 12.7. The summed E-state index contributed by atoms with van der Waals surface area (Å²) in [5.74, 6) is 0.129. The topological polar surface area (TPSA) is 75.1 Å². The van der Waals surface area contributed by atoms with Gasteiger partial charge in [-0.25, -0.2) is 4.79 Å². The standard InChI is InChI=1S/C9H13BrN2O3/c10-5-7(6-13)1-3-12-4-2-8(14)11-9(12)15/h2,4,7,13H,1,3,5-6H2,(H,11,14,15). The van der Waals surface area contributed by atoms with Crippen LogP contribution in [0, 0.1) is 5.92 Å². The Kier molecular flexibility index (Phi) is 4.77. The molecule has 0 spiro atoms. The number of nitrogens with zero attached hydrogens (tertiary/aromatic N) is 1. The van der Waals surface area contributed by atoms with Crippen LogP contribution in [0.4, 0.5) is 0 Å². The van der Waals surface area contributed by atoms with Gasteiger partial charge in [-0.2, -0.15) is 0 Å². The minimum Gasteiger partial charge on any atom is -0.396 e. The molecular weight excluding hydrogens is 264 g/mol. The van der Waals surface area contributed by atoms with Gasteiger partial charge in [-0.05, 0) is 12.3 Å². The lowest BCUT2D eigenvalue weighted by molar-refractivity contribution is 0.228. The van der Waals surface area contributed by atoms with Gasteiger partial charge in [-0.1, -0.05) is 15.9 Å². The lowest BCUT2D eigenvalue weighted by Gasteiger charge is -2.10. The van der Waals surface area contributed by atoms with Crippen molar-refractivity contribution in [3.63, 3.8) is 0 Å². The monoisotopic (exact) mass is 276 g/mol. The van der Waals surface area contributed by atoms with E-state index in [0.29, 0.717) is 18.3 Å². The first-order valence-electron chi connectivity index (χ1n) is 4.64. The summed E-state index contributed by atoms with van der Waals surface area (Å²) in [6, 6.07) is 1.31. The molecule has 84 valence electrons. The molecule has 1 rings (SSSR count). The summed E-state index contributed by atoms with van der Waals surface area (Å²) in [6.45, 7) is 0.579. The first-order chi connectivity index (χ1) is 7.17. The maximum atomic E-state index is 11.3. The van der Waals surface area contributed by atoms with Gasteiger partial charge in [0.2, 0.25) is 0 Å². The summed E-state index contributed by atoms with van der Waals surface area (Å²) >= 11 is 3.27. The fourth-order valence-corrected chi connectivity index (χ4v) is 1.69. The number of nitrogens with one attached hydrogen (secondary N) is 1. The maximum absolute atomic E-state index is 11.3. The fraction of sp³-hybridized carbons (Fsp3) is 0.556. The number of alkyl halides is 1. The Balaban J connectivity index is 2.65. The van der Waals surface area contributed by atoms with Crippen LogP contribution >= 0.6 is 15.9 Å². The van der Waals surface area contributed by atoms with Gasteiger partial charge in [0, 0.05) is 30.7 Å². The van der Waals surface area contributed by atoms with Crippen LogP contribution in [0.5, 0.6) is 0 Å². The molecule has 0 saturated carbocycles. The van der Waals surface area contributed by atoms with Crippen LogP contribution in [0.1, 0.15) is 6.42 Å². The van der Waals surface area contributed by atoms with Crippen LogP contribution < -0.4 is 11.2 Å². The molecular formula is C9H13BrN2O3. The van der Waals surface area contributed by atoms with Crippen LogP contribution in [0.15, 0.2) is 21.9 Å². The Morgan fingerprint density at radius 3 is 2.80 bits per heavy atom. The number of halogens is 1. The Morgan fingerprint density at radius 1 is 1.53 bits per heavy atom. The Hall–Kier alpha value is -0.880. The lowest BCUT2D eigenvalue weighted by atomic mass is 10.1. The van der Waals surface area contributed by atoms with Gasteiger partial charge in [0.25, 0.3) is 5.56 Å². The Morgan fingerprint density at radius 2 is 2.27 bits per heavy atom. The molecule has 1 unspecified atom stereocenters. The van der Waals surface area contributed by atoms with E-state index in [-0.39, 0.29) is 12.5 Å². The molecule has 1 aromatic heterocycles. The second-order valence-corrected chi connectivity index (χ2v) is 3.94. The van der Waals surface area contributed by atoms with E-state index in [1.807, 2.05) is 0 Å². The lowest BCUT2D eigenvalue weighted by Crippen LogP contribution is -2.29. The van der Waals surface area contributed by atoms with Crippen molar-refractivity contribution < 1.29 is 5.11 Å². The molecule has 0 aromatic carbocycles. The third-order valence-electron chi connectivity index (χ3n) is 2.15. The van der Waals surface area contributed by atoms with E-state index < -0.39 is 11.2 Å². The predicted molar refractivity (Wildman–Crippen MR) is 60.3 cm³/mol. The minimum absolute atomic E-state index is 0.0867. The van der Waals surface area contributed by atoms with Crippen LogP contribution in [-0.2, 0) is 6.54 Å². The van der Waals surface area contributed by atoms with Crippen molar-refractivity contribution in [3.05, 3.63) is 33.1 Å². The Labute approximate surface area is 94.9 Å². The summed E-state index contributed by atoms with van der Waals surface area (Å²) in [5.41, 5.74) is -0.802. The molecule has 0 radical (unpaired) electrons. The van der Waals surface area contributed by atoms with Crippen molar-refractivity contribution >= 4 is 15.9 Å². The highest BCUT2D eigenvalue weighted by molar-refractivity contribution is 9.09. The zero-order valence-electron chi connectivity index (χ0n) is 8.15. The second-order valence-electron chi connectivity index (χ2n) is 3.30. The van der Waals surface area contributed by atoms with Crippen molar-refractivity contribution in [2.24, 2.45) is 5.92 Å². The van der Waals surface area contributed by atoms with Crippen LogP contribution in [-0.4, -0.2) is 26.6 Å². The van der Waals surface area contributed by atoms with Gasteiger partial charge in [-0.15, -0.1) is 0 Å². The van der Waals surface area contributed by atoms with E-state index in [4.69, 9.17) is 5.11 Å². The van der Waals surface area contributed by atoms with Crippen molar-refractivity contribution in [1.82, 2.24) is 9.55 Å². The van der Waals surface area contributed by atoms with Crippen LogP contribution in [0.2, 0.25) is 0 Å². The van der Waals surface area contributed by atoms with Gasteiger partial charge in [0.05, 0.1) is 0 Å². The fourth-order valence-electron chi connectivity index (χ4n) is 1.16. The van der Waals surface area contributed by atoms with Crippen LogP contribution in [0.25, 0.3) is 0 Å². The smallest absolute Gasteiger partial charge is 0.328 e. The first-order valence-corrected chi connectivity index (χ1v) is 5.76. The van der Waals surface area contributed by atoms with Crippen molar-refractivity contribution in [1.29, 1.82) is 0 Å². The minimum atomic E-state index is -0.409. The molecule has 0 bridgehead atoms. The molecule has 0 aliphatic carbocycles. The number of aryl methyl sites for hydroxylation is 1. The summed E-state index contributed by atoms with van der Waals surface area (Å²) in [4.78, 5) is 24.2. The van der Waals surface area contributed by atoms with Gasteiger partial charge < -0.3 is 9.67 Å². The van der Waals surface area contributed by atoms with E-state index in [1.165, 1.54) is 16.8 Å². The van der Waals surface area contributed by atoms with Crippen molar-refractivity contribution in [2.45, 2.75) is 13.0 Å². The second kappa shape index (κ2) is 5.87. The van der Waals surface area contributed by atoms with E-state index in [1.54, 1.807) is 0 Å². The third kappa shape index (κ3) is 3.64. The van der Waals surface area contributed by atoms with Gasteiger partial charge in [-0.3, -0.25) is 9.78 Å². The third-order valence-corrected chi connectivity index (χ3v) is 3.07. The molecule has 2 N–H and O–H groups in total. The summed E-state index contributed by atoms with van der Waals surface area (Å²) in [7, 11) is 0. The van der Waals surface area contributed by atoms with E-state index in [0.717, 1.165) is 0 Å². The maximum Gasteiger partial charge on any atom is 0.328 e. The number of aliphatic hydroxyl groups is 1. The zero-order chi connectivity index (χ0) is 11.3. The highest BCUT2D eigenvalue weighted by Crippen LogP contribution is 2.06. The van der Waals surface area contributed by atoms with E-state index >= 15 is 0 Å². The van der Waals surface area contributed by atoms with E-state index in [2.05, 4.69) is 20.9 Å². The molecule has 1 aromatic rings. The summed E-state index contributed by atoms with van der Waals surface area (Å²) in [5, 5.41) is 9.64. The van der Waals surface area contributed by atoms with Gasteiger partial charge in [0.1, 0.15) is 0 Å². The molecule has 0 saturated heterocycles. The average Bonchev–Trinajstić information content (AvgIpc) is 2.22. The van der Waals surface area contributed by atoms with Gasteiger partial charge >= 0.3 is 5.69 Å². The summed E-state index contributed by atoms with van der Waals surface area (Å²) < 4.78 is 1.42. The number of rotatable bonds is 5. The molecule has 1 atom stereocenters. The largest absolute Gasteiger partial charge is 0.396 e. The number of hydrogen-bond acceptors (Lipinski definition) is 3. The molecule has 0 aliphatic rings. The Bertz CT molecular complexity index is 408. The molecule has 0 aliphatic heterocycles. The number of hydrogen-bond donors (Lipinski definition) is 2. The molecule has 0 amide bonds. The average molecular weight is 277 g/mol. The molecule has 1 heterocycles. The van der Waals surface area contributed by atoms with Gasteiger partial charge in [0.15, 0.2) is 0 Å².